The van der Waals surface area contributed by atoms with Crippen LogP contribution < -0.4 is 0 Å². The van der Waals surface area contributed by atoms with Crippen molar-refractivity contribution < 1.29 is 0 Å². The molecule has 4 aromatic heterocycles. The van der Waals surface area contributed by atoms with Gasteiger partial charge >= 0.3 is 0 Å². The van der Waals surface area contributed by atoms with E-state index in [0.29, 0.717) is 0 Å². The zero-order chi connectivity index (χ0) is 18.0. The molecule has 5 aromatic rings. The maximum atomic E-state index is 4.94. The topological polar surface area (TPSA) is 53.5 Å². The molecule has 132 valence electrons. The molecule has 0 radical (unpaired) electrons. The third kappa shape index (κ3) is 2.10. The van der Waals surface area contributed by atoms with Gasteiger partial charge in [-0.2, -0.15) is 5.10 Å². The van der Waals surface area contributed by atoms with Crippen molar-refractivity contribution in [2.75, 3.05) is 0 Å². The second-order valence-electron chi connectivity index (χ2n) is 7.12. The third-order valence-corrected chi connectivity index (χ3v) is 5.26. The largest absolute Gasteiger partial charge is 0.272 e. The summed E-state index contributed by atoms with van der Waals surface area (Å²) < 4.78 is 6.40. The average Bonchev–Trinajstić information content (AvgIpc) is 3.14. The van der Waals surface area contributed by atoms with E-state index in [-0.39, 0.29) is 0 Å². The highest BCUT2D eigenvalue weighted by atomic mass is 15.5. The first-order chi connectivity index (χ1) is 13.3. The number of pyridine rings is 2. The molecule has 0 saturated carbocycles. The first-order valence-electron chi connectivity index (χ1n) is 9.30. The van der Waals surface area contributed by atoms with Gasteiger partial charge < -0.3 is 0 Å². The lowest BCUT2D eigenvalue weighted by Crippen LogP contribution is -2.24. The third-order valence-electron chi connectivity index (χ3n) is 5.26. The van der Waals surface area contributed by atoms with Crippen LogP contribution >= 0.6 is 0 Å². The number of hydrogen-bond donors (Lipinski definition) is 0. The molecule has 0 aliphatic carbocycles. The highest BCUT2D eigenvalue weighted by Gasteiger charge is 2.20. The number of aromatic nitrogens is 6. The van der Waals surface area contributed by atoms with Gasteiger partial charge in [-0.05, 0) is 42.3 Å². The van der Waals surface area contributed by atoms with Crippen LogP contribution in [0.4, 0.5) is 0 Å². The zero-order valence-electron chi connectivity index (χ0n) is 15.0. The van der Waals surface area contributed by atoms with Crippen LogP contribution in [0.2, 0.25) is 0 Å². The quantitative estimate of drug-likeness (QED) is 0.482. The minimum absolute atomic E-state index is 0.803. The molecule has 0 spiro atoms. The molecule has 0 N–H and O–H groups in total. The van der Waals surface area contributed by atoms with Gasteiger partial charge in [-0.15, -0.1) is 0 Å². The molecule has 1 aromatic carbocycles. The van der Waals surface area contributed by atoms with E-state index >= 15 is 0 Å². The minimum Gasteiger partial charge on any atom is -0.272 e. The fraction of sp³-hybridized carbons (Fsp3) is 0.190. The van der Waals surface area contributed by atoms with E-state index in [1.807, 2.05) is 17.1 Å². The molecule has 1 aliphatic rings. The summed E-state index contributed by atoms with van der Waals surface area (Å²) in [7, 11) is 0. The van der Waals surface area contributed by atoms with E-state index in [1.54, 1.807) is 0 Å². The number of hydrogen-bond acceptors (Lipinski definition) is 3. The van der Waals surface area contributed by atoms with Crippen molar-refractivity contribution in [3.8, 4) is 16.9 Å². The first-order valence-corrected chi connectivity index (χ1v) is 9.30. The summed E-state index contributed by atoms with van der Waals surface area (Å²) in [5, 5.41) is 5.62. The highest BCUT2D eigenvalue weighted by Crippen LogP contribution is 2.30. The van der Waals surface area contributed by atoms with Crippen molar-refractivity contribution in [1.29, 1.82) is 0 Å². The maximum absolute atomic E-state index is 4.94. The monoisotopic (exact) mass is 354 g/mol. The van der Waals surface area contributed by atoms with E-state index in [0.717, 1.165) is 53.1 Å². The van der Waals surface area contributed by atoms with Crippen LogP contribution in [-0.2, 0) is 13.1 Å². The van der Waals surface area contributed by atoms with Gasteiger partial charge in [0.1, 0.15) is 5.52 Å². The van der Waals surface area contributed by atoms with Crippen LogP contribution in [0, 0.1) is 0 Å². The van der Waals surface area contributed by atoms with Crippen LogP contribution in [0.25, 0.3) is 39.0 Å². The molecule has 1 aliphatic heterocycles. The van der Waals surface area contributed by atoms with Crippen molar-refractivity contribution in [2.45, 2.75) is 26.4 Å². The Morgan fingerprint density at radius 3 is 2.96 bits per heavy atom. The van der Waals surface area contributed by atoms with Gasteiger partial charge in [0.15, 0.2) is 5.65 Å². The average molecular weight is 354 g/mol. The Morgan fingerprint density at radius 1 is 1.07 bits per heavy atom. The Bertz CT molecular complexity index is 1320. The summed E-state index contributed by atoms with van der Waals surface area (Å²) in [6.07, 6.45) is 6.98. The number of rotatable bonds is 3. The van der Waals surface area contributed by atoms with Gasteiger partial charge in [-0.3, -0.25) is 14.3 Å². The van der Waals surface area contributed by atoms with E-state index in [4.69, 9.17) is 4.98 Å². The van der Waals surface area contributed by atoms with Gasteiger partial charge in [-0.1, -0.05) is 13.0 Å². The molecule has 0 saturated heterocycles. The van der Waals surface area contributed by atoms with Crippen molar-refractivity contribution in [1.82, 2.24) is 29.1 Å². The van der Waals surface area contributed by atoms with Gasteiger partial charge in [0.25, 0.3) is 0 Å². The second kappa shape index (κ2) is 5.30. The van der Waals surface area contributed by atoms with Crippen LogP contribution in [0.15, 0.2) is 55.0 Å². The Morgan fingerprint density at radius 2 is 2.04 bits per heavy atom. The molecule has 27 heavy (non-hydrogen) atoms. The van der Waals surface area contributed by atoms with E-state index in [9.17, 15) is 0 Å². The number of fused-ring (bicyclic) bond motifs is 7. The smallest absolute Gasteiger partial charge is 0.174 e. The van der Waals surface area contributed by atoms with E-state index in [1.165, 1.54) is 10.9 Å². The number of nitrogens with zero attached hydrogens (tertiary/aromatic N) is 6. The van der Waals surface area contributed by atoms with Crippen LogP contribution in [0.3, 0.4) is 0 Å². The van der Waals surface area contributed by atoms with Crippen LogP contribution in [0.1, 0.15) is 18.9 Å². The Kier molecular flexibility index (Phi) is 2.89. The summed E-state index contributed by atoms with van der Waals surface area (Å²) in [6.45, 7) is 3.89. The zero-order valence-corrected chi connectivity index (χ0v) is 15.0. The van der Waals surface area contributed by atoms with Crippen LogP contribution in [0.5, 0.6) is 0 Å². The molecule has 0 amide bonds. The maximum Gasteiger partial charge on any atom is 0.174 e. The highest BCUT2D eigenvalue weighted by molar-refractivity contribution is 5.85. The fourth-order valence-electron chi connectivity index (χ4n) is 3.96. The number of aryl methyl sites for hydroxylation is 1. The second-order valence-corrected chi connectivity index (χ2v) is 7.12. The van der Waals surface area contributed by atoms with Gasteiger partial charge in [0, 0.05) is 23.7 Å². The van der Waals surface area contributed by atoms with Crippen molar-refractivity contribution in [3.05, 3.63) is 60.6 Å². The molecular formula is C21H18N6. The van der Waals surface area contributed by atoms with Crippen molar-refractivity contribution >= 4 is 22.1 Å². The lowest BCUT2D eigenvalue weighted by atomic mass is 10.1. The summed E-state index contributed by atoms with van der Waals surface area (Å²) in [5.41, 5.74) is 7.52. The molecule has 5 heterocycles. The van der Waals surface area contributed by atoms with Crippen molar-refractivity contribution in [2.24, 2.45) is 0 Å². The lowest BCUT2D eigenvalue weighted by molar-refractivity contribution is 0.588. The summed E-state index contributed by atoms with van der Waals surface area (Å²) in [6, 6.07) is 12.9. The van der Waals surface area contributed by atoms with Gasteiger partial charge in [0.2, 0.25) is 0 Å². The minimum atomic E-state index is 0.803. The first kappa shape index (κ1) is 14.7. The number of benzene rings is 1. The van der Waals surface area contributed by atoms with Gasteiger partial charge in [-0.25, -0.2) is 9.67 Å². The molecule has 0 atom stereocenters. The Hall–Kier alpha value is -3.41. The molecule has 6 rings (SSSR count). The molecule has 0 unspecified atom stereocenters. The Labute approximate surface area is 155 Å². The van der Waals surface area contributed by atoms with E-state index < -0.39 is 0 Å². The summed E-state index contributed by atoms with van der Waals surface area (Å²) in [5.74, 6) is 0. The lowest BCUT2D eigenvalue weighted by Gasteiger charge is -2.27. The summed E-state index contributed by atoms with van der Waals surface area (Å²) >= 11 is 0. The standard InChI is InChI=1S/C21H18N6/c1-2-7-25-13-16(10-23-25)19-5-6-20-21(24-19)26-12-14-3-4-18-15(8-14)9-17(11-22-18)27(20)26/h3-6,8-11,13H,2,7,12H2,1H3. The predicted octanol–water partition coefficient (Wildman–Crippen LogP) is 4.01. The fourth-order valence-corrected chi connectivity index (χ4v) is 3.96. The molecule has 3 bridgehead atoms. The molecule has 6 heteroatoms. The molecule has 6 nitrogen and oxygen atoms in total. The molecular weight excluding hydrogens is 336 g/mol. The SMILES string of the molecule is CCCn1cc(-c2ccc3c(n2)n2n3-c3cnc4ccc(cc4c3)C2)cn1. The predicted molar refractivity (Wildman–Crippen MR) is 105 cm³/mol. The van der Waals surface area contributed by atoms with Crippen LogP contribution in [-0.4, -0.2) is 29.1 Å². The normalized spacial score (nSPS) is 12.8. The van der Waals surface area contributed by atoms with Crippen molar-refractivity contribution in [3.63, 3.8) is 0 Å². The summed E-state index contributed by atoms with van der Waals surface area (Å²) in [4.78, 5) is 9.55. The van der Waals surface area contributed by atoms with Gasteiger partial charge in [0.05, 0.1) is 35.8 Å². The Balaban J connectivity index is 1.51. The van der Waals surface area contributed by atoms with E-state index in [2.05, 4.69) is 69.0 Å². The molecule has 0 fully saturated rings.